The van der Waals surface area contributed by atoms with E-state index in [1.165, 1.54) is 9.91 Å². The van der Waals surface area contributed by atoms with E-state index in [9.17, 15) is 17.3 Å². The normalized spacial score (nSPS) is 13.2. The molecule has 15 heteroatoms. The Balaban J connectivity index is 0.000000623. The van der Waals surface area contributed by atoms with Gasteiger partial charge in [0.2, 0.25) is 0 Å². The maximum atomic E-state index is 9.75. The van der Waals surface area contributed by atoms with Crippen LogP contribution >= 0.6 is 0 Å². The molecule has 1 aliphatic heterocycles. The number of azo groups is 1. The van der Waals surface area contributed by atoms with Gasteiger partial charge in [-0.05, 0) is 58.4 Å². The van der Waals surface area contributed by atoms with Crippen LogP contribution in [0.5, 0.6) is 0 Å². The van der Waals surface area contributed by atoms with Gasteiger partial charge in [-0.15, -0.1) is 5.10 Å². The molecule has 10 nitrogen and oxygen atoms in total. The van der Waals surface area contributed by atoms with Crippen LogP contribution in [0.15, 0.2) is 137 Å². The quantitative estimate of drug-likeness (QED) is 0.0911. The fourth-order valence-electron chi connectivity index (χ4n) is 3.57. The summed E-state index contributed by atoms with van der Waals surface area (Å²) in [5, 5.41) is 25.8. The average Bonchev–Trinajstić information content (AvgIpc) is 3.62. The molecule has 0 unspecified atom stereocenters. The number of guanidine groups is 1. The molecular formula is C26H20BF4N10. The lowest BCUT2D eigenvalue weighted by atomic mass is 10.3. The van der Waals surface area contributed by atoms with Gasteiger partial charge in [0, 0.05) is 15.9 Å². The highest BCUT2D eigenvalue weighted by Crippen LogP contribution is 2.23. The first-order valence-corrected chi connectivity index (χ1v) is 12.2. The van der Waals surface area contributed by atoms with E-state index in [0.29, 0.717) is 11.9 Å². The molecule has 0 bridgehead atoms. The number of halogens is 4. The lowest BCUT2D eigenvalue weighted by Gasteiger charge is -2.16. The van der Waals surface area contributed by atoms with Gasteiger partial charge in [0.05, 0.1) is 16.5 Å². The van der Waals surface area contributed by atoms with Crippen LogP contribution in [-0.4, -0.2) is 28.3 Å². The number of rotatable bonds is 5. The zero-order chi connectivity index (χ0) is 28.7. The first-order chi connectivity index (χ1) is 19.8. The van der Waals surface area contributed by atoms with Crippen LogP contribution in [-0.2, 0) is 0 Å². The lowest BCUT2D eigenvalue weighted by Crippen LogP contribution is -2.36. The fraction of sp³-hybridized carbons (Fsp3) is 0. The molecule has 4 aromatic carbocycles. The van der Waals surface area contributed by atoms with E-state index in [-0.39, 0.29) is 0 Å². The summed E-state index contributed by atoms with van der Waals surface area (Å²) in [5.41, 5.74) is 7.83. The van der Waals surface area contributed by atoms with Crippen molar-refractivity contribution < 1.29 is 21.9 Å². The number of anilines is 2. The van der Waals surface area contributed by atoms with Crippen molar-refractivity contribution in [3.05, 3.63) is 121 Å². The van der Waals surface area contributed by atoms with Crippen molar-refractivity contribution in [1.29, 1.82) is 0 Å². The Morgan fingerprint density at radius 1 is 0.610 bits per heavy atom. The molecule has 0 saturated heterocycles. The Labute approximate surface area is 231 Å². The largest absolute Gasteiger partial charge is 0.673 e. The molecule has 0 aliphatic carbocycles. The van der Waals surface area contributed by atoms with E-state index in [1.807, 2.05) is 121 Å². The Kier molecular flexibility index (Phi) is 8.06. The molecule has 0 saturated carbocycles. The summed E-state index contributed by atoms with van der Waals surface area (Å²) in [7, 11) is -6.00. The zero-order valence-electron chi connectivity index (χ0n) is 21.1. The second-order valence-corrected chi connectivity index (χ2v) is 8.22. The molecule has 0 fully saturated rings. The Hall–Kier alpha value is -5.44. The molecule has 41 heavy (non-hydrogen) atoms. The highest BCUT2D eigenvalue weighted by atomic mass is 19.5. The predicted molar refractivity (Wildman–Crippen MR) is 145 cm³/mol. The maximum Gasteiger partial charge on any atom is 0.673 e. The number of hydrogen-bond donors (Lipinski definition) is 0. The molecule has 1 aromatic heterocycles. The molecule has 0 N–H and O–H groups in total. The number of hydrazone groups is 1. The van der Waals surface area contributed by atoms with Crippen LogP contribution in [0.4, 0.5) is 34.6 Å². The first kappa shape index (κ1) is 27.1. The Bertz CT molecular complexity index is 1610. The van der Waals surface area contributed by atoms with Crippen molar-refractivity contribution in [2.45, 2.75) is 0 Å². The van der Waals surface area contributed by atoms with Gasteiger partial charge in [-0.1, -0.05) is 77.5 Å². The van der Waals surface area contributed by atoms with Gasteiger partial charge in [-0.25, -0.2) is 0 Å². The molecule has 0 spiro atoms. The zero-order valence-corrected chi connectivity index (χ0v) is 21.1. The number of tetrazole rings is 1. The Morgan fingerprint density at radius 2 is 1.10 bits per heavy atom. The summed E-state index contributed by atoms with van der Waals surface area (Å²) in [5.74, 6) is 0.581. The molecule has 1 radical (unpaired) electrons. The second-order valence-electron chi connectivity index (χ2n) is 8.22. The van der Waals surface area contributed by atoms with Gasteiger partial charge in [-0.3, -0.25) is 0 Å². The van der Waals surface area contributed by atoms with Gasteiger partial charge in [-0.2, -0.15) is 10.1 Å². The predicted octanol–water partition coefficient (Wildman–Crippen LogP) is 5.66. The molecular weight excluding hydrogens is 541 g/mol. The third-order valence-corrected chi connectivity index (χ3v) is 5.30. The van der Waals surface area contributed by atoms with E-state index in [4.69, 9.17) is 0 Å². The number of aromatic nitrogens is 4. The summed E-state index contributed by atoms with van der Waals surface area (Å²) in [6.07, 6.45) is 0. The van der Waals surface area contributed by atoms with Gasteiger partial charge in [0.15, 0.2) is 0 Å². The number of nitrogens with zero attached hydrogens (tertiary/aromatic N) is 10. The maximum absolute atomic E-state index is 9.75. The average molecular weight is 561 g/mol. The topological polar surface area (TPSA) is 92.2 Å². The fourth-order valence-corrected chi connectivity index (χ4v) is 3.57. The van der Waals surface area contributed by atoms with Gasteiger partial charge in [0.25, 0.3) is 5.96 Å². The van der Waals surface area contributed by atoms with E-state index < -0.39 is 7.25 Å². The van der Waals surface area contributed by atoms with Crippen LogP contribution in [0.3, 0.4) is 0 Å². The highest BCUT2D eigenvalue weighted by Gasteiger charge is 2.29. The van der Waals surface area contributed by atoms with Crippen LogP contribution in [0, 0.1) is 0 Å². The van der Waals surface area contributed by atoms with Crippen LogP contribution in [0.2, 0.25) is 0 Å². The summed E-state index contributed by atoms with van der Waals surface area (Å²) in [6.45, 7) is 0. The number of hydrogen-bond acceptors (Lipinski definition) is 7. The van der Waals surface area contributed by atoms with Gasteiger partial charge in [0.1, 0.15) is 11.4 Å². The van der Waals surface area contributed by atoms with Crippen molar-refractivity contribution in [2.24, 2.45) is 15.3 Å². The van der Waals surface area contributed by atoms with Crippen molar-refractivity contribution in [3.8, 4) is 11.4 Å². The van der Waals surface area contributed by atoms with Crippen LogP contribution < -0.4 is 20.3 Å². The summed E-state index contributed by atoms with van der Waals surface area (Å²) >= 11 is 0. The van der Waals surface area contributed by atoms with Crippen molar-refractivity contribution >= 4 is 30.5 Å². The van der Waals surface area contributed by atoms with Crippen molar-refractivity contribution in [1.82, 2.24) is 20.6 Å². The van der Waals surface area contributed by atoms with E-state index in [2.05, 4.69) is 31.2 Å². The van der Waals surface area contributed by atoms with E-state index in [1.54, 1.807) is 9.69 Å². The summed E-state index contributed by atoms with van der Waals surface area (Å²) < 4.78 is 40.6. The molecule has 6 rings (SSSR count). The standard InChI is InChI=1S/C26H20N10.BF4/c1-5-13-21(14-6-1)33-25(29-35(31-33)23-17-9-3-10-18-23)27-28-26-30-36(24-19-11-4-12-20-24)32-34(26)22-15-7-2-8-16-22;2-1(3,4)5/h1-20H;/q+1;-1/b28-27+;/i27+1,28+1;. The third-order valence-electron chi connectivity index (χ3n) is 5.30. The monoisotopic (exact) mass is 561 g/mol. The minimum absolute atomic E-state index is 0.291. The van der Waals surface area contributed by atoms with Crippen LogP contribution in [0.25, 0.3) is 11.4 Å². The van der Waals surface area contributed by atoms with Gasteiger partial charge < -0.3 is 17.3 Å². The van der Waals surface area contributed by atoms with E-state index >= 15 is 0 Å². The number of benzene rings is 4. The molecule has 5 aromatic rings. The van der Waals surface area contributed by atoms with Gasteiger partial charge >= 0.3 is 13.2 Å². The molecule has 205 valence electrons. The van der Waals surface area contributed by atoms with Crippen molar-refractivity contribution in [2.75, 3.05) is 10.1 Å². The summed E-state index contributed by atoms with van der Waals surface area (Å²) in [6, 6.07) is 38.6. The molecule has 2 heterocycles. The smallest absolute Gasteiger partial charge is 0.418 e. The number of para-hydroxylation sites is 4. The molecule has 0 amide bonds. The molecule has 0 atom stereocenters. The van der Waals surface area contributed by atoms with E-state index in [0.717, 1.165) is 22.7 Å². The summed E-state index contributed by atoms with van der Waals surface area (Å²) in [4.78, 5) is 1.52. The SMILES string of the molecule is F[B-](F)(F)F.c1ccc(N2[N]N(c3ccccc3)C(/[15N]=[15N]/c3nn(-c4ccccc4)n[n+]3-c3ccccc3)=N2)cc1. The lowest BCUT2D eigenvalue weighted by molar-refractivity contribution is -0.649. The highest BCUT2D eigenvalue weighted by molar-refractivity contribution is 6.50. The van der Waals surface area contributed by atoms with Crippen LogP contribution in [0.1, 0.15) is 0 Å². The third kappa shape index (κ3) is 7.16. The minimum atomic E-state index is -6.00. The van der Waals surface area contributed by atoms with Crippen molar-refractivity contribution in [3.63, 3.8) is 0 Å². The minimum Gasteiger partial charge on any atom is -0.418 e. The molecule has 1 aliphatic rings. The second kappa shape index (κ2) is 12.2. The Morgan fingerprint density at radius 3 is 1.66 bits per heavy atom. The first-order valence-electron chi connectivity index (χ1n) is 12.2.